The third-order valence-electron chi connectivity index (χ3n) is 5.72. The molecular weight excluding hydrogens is 362 g/mol. The van der Waals surface area contributed by atoms with Gasteiger partial charge in [-0.2, -0.15) is 0 Å². The number of benzene rings is 1. The second-order valence-electron chi connectivity index (χ2n) is 7.97. The summed E-state index contributed by atoms with van der Waals surface area (Å²) in [6.45, 7) is 9.05. The second-order valence-corrected chi connectivity index (χ2v) is 9.74. The molecule has 6 nitrogen and oxygen atoms in total. The molecule has 1 unspecified atom stereocenters. The van der Waals surface area contributed by atoms with Crippen molar-refractivity contribution < 1.29 is 13.2 Å². The molecule has 27 heavy (non-hydrogen) atoms. The Morgan fingerprint density at radius 2 is 1.85 bits per heavy atom. The molecule has 0 bridgehead atoms. The molecule has 1 atom stereocenters. The first kappa shape index (κ1) is 20.3. The van der Waals surface area contributed by atoms with E-state index in [9.17, 15) is 13.2 Å². The van der Waals surface area contributed by atoms with Crippen LogP contribution in [0.1, 0.15) is 45.6 Å². The zero-order valence-electron chi connectivity index (χ0n) is 16.6. The molecule has 0 aliphatic carbocycles. The molecule has 1 aromatic carbocycles. The van der Waals surface area contributed by atoms with Crippen molar-refractivity contribution in [3.8, 4) is 0 Å². The van der Waals surface area contributed by atoms with E-state index < -0.39 is 10.0 Å². The summed E-state index contributed by atoms with van der Waals surface area (Å²) in [4.78, 5) is 16.2. The quantitative estimate of drug-likeness (QED) is 0.806. The minimum atomic E-state index is -3.57. The maximum atomic E-state index is 12.9. The van der Waals surface area contributed by atoms with Crippen LogP contribution in [0.3, 0.4) is 0 Å². The number of carbonyl (C=O) groups excluding carboxylic acids is 1. The van der Waals surface area contributed by atoms with Crippen molar-refractivity contribution >= 4 is 21.6 Å². The van der Waals surface area contributed by atoms with E-state index in [0.29, 0.717) is 19.0 Å². The van der Waals surface area contributed by atoms with Crippen LogP contribution in [-0.2, 0) is 21.2 Å². The number of nitrogens with one attached hydrogen (secondary N) is 1. The highest BCUT2D eigenvalue weighted by molar-refractivity contribution is 7.89. The average molecular weight is 394 g/mol. The molecule has 0 saturated carbocycles. The fourth-order valence-electron chi connectivity index (χ4n) is 4.21. The van der Waals surface area contributed by atoms with Gasteiger partial charge in [-0.05, 0) is 68.5 Å². The van der Waals surface area contributed by atoms with Gasteiger partial charge in [0.25, 0.3) is 0 Å². The molecule has 0 radical (unpaired) electrons. The van der Waals surface area contributed by atoms with Crippen LogP contribution in [-0.4, -0.2) is 51.4 Å². The van der Waals surface area contributed by atoms with Crippen LogP contribution in [0.25, 0.3) is 0 Å². The first-order valence-electron chi connectivity index (χ1n) is 9.94. The SMILES string of the molecule is CC(=O)N1CCCc2cc(S(=O)(=O)NCC(C(C)C)N3CCCC3)ccc21. The normalized spacial score (nSPS) is 19.3. The topological polar surface area (TPSA) is 69.7 Å². The Balaban J connectivity index is 1.75. The number of nitrogens with zero attached hydrogens (tertiary/aromatic N) is 2. The third kappa shape index (κ3) is 4.52. The van der Waals surface area contributed by atoms with Gasteiger partial charge < -0.3 is 4.90 Å². The highest BCUT2D eigenvalue weighted by Crippen LogP contribution is 2.29. The van der Waals surface area contributed by atoms with Crippen molar-refractivity contribution in [2.24, 2.45) is 5.92 Å². The molecule has 0 spiro atoms. The third-order valence-corrected chi connectivity index (χ3v) is 7.14. The Kier molecular flexibility index (Phi) is 6.23. The lowest BCUT2D eigenvalue weighted by Crippen LogP contribution is -2.45. The number of hydrogen-bond donors (Lipinski definition) is 1. The van der Waals surface area contributed by atoms with Crippen molar-refractivity contribution in [2.45, 2.75) is 57.4 Å². The van der Waals surface area contributed by atoms with Gasteiger partial charge in [0.2, 0.25) is 15.9 Å². The molecule has 0 aromatic heterocycles. The van der Waals surface area contributed by atoms with Crippen LogP contribution < -0.4 is 9.62 Å². The predicted molar refractivity (Wildman–Crippen MR) is 107 cm³/mol. The lowest BCUT2D eigenvalue weighted by atomic mass is 10.0. The van der Waals surface area contributed by atoms with Gasteiger partial charge in [0.1, 0.15) is 0 Å². The van der Waals surface area contributed by atoms with Crippen molar-refractivity contribution in [1.29, 1.82) is 0 Å². The summed E-state index contributed by atoms with van der Waals surface area (Å²) >= 11 is 0. The van der Waals surface area contributed by atoms with Gasteiger partial charge in [-0.1, -0.05) is 13.8 Å². The molecular formula is C20H31N3O3S. The molecule has 1 saturated heterocycles. The van der Waals surface area contributed by atoms with Crippen LogP contribution in [0.5, 0.6) is 0 Å². The Morgan fingerprint density at radius 3 is 2.48 bits per heavy atom. The van der Waals surface area contributed by atoms with E-state index in [2.05, 4.69) is 23.5 Å². The van der Waals surface area contributed by atoms with E-state index in [-0.39, 0.29) is 16.8 Å². The summed E-state index contributed by atoms with van der Waals surface area (Å²) in [5.74, 6) is 0.383. The summed E-state index contributed by atoms with van der Waals surface area (Å²) in [7, 11) is -3.57. The second kappa shape index (κ2) is 8.29. The van der Waals surface area contributed by atoms with Gasteiger partial charge in [0.05, 0.1) is 4.90 Å². The van der Waals surface area contributed by atoms with Crippen LogP contribution in [0.2, 0.25) is 0 Å². The van der Waals surface area contributed by atoms with E-state index in [1.165, 1.54) is 12.8 Å². The number of carbonyl (C=O) groups is 1. The molecule has 1 amide bonds. The molecule has 2 aliphatic rings. The molecule has 1 fully saturated rings. The number of rotatable bonds is 6. The Hall–Kier alpha value is -1.44. The first-order chi connectivity index (χ1) is 12.8. The molecule has 1 N–H and O–H groups in total. The maximum Gasteiger partial charge on any atom is 0.240 e. The van der Waals surface area contributed by atoms with Gasteiger partial charge in [0, 0.05) is 31.7 Å². The van der Waals surface area contributed by atoms with Crippen LogP contribution in [0, 0.1) is 5.92 Å². The van der Waals surface area contributed by atoms with Gasteiger partial charge in [-0.3, -0.25) is 9.69 Å². The standard InChI is InChI=1S/C20H31N3O3S/c1-15(2)20(22-10-4-5-11-22)14-21-27(25,26)18-8-9-19-17(13-18)7-6-12-23(19)16(3)24/h8-9,13,15,20-21H,4-7,10-12,14H2,1-3H3. The number of anilines is 1. The number of aryl methyl sites for hydroxylation is 1. The van der Waals surface area contributed by atoms with Gasteiger partial charge in [0.15, 0.2) is 0 Å². The average Bonchev–Trinajstić information content (AvgIpc) is 3.14. The zero-order valence-corrected chi connectivity index (χ0v) is 17.4. The number of hydrogen-bond acceptors (Lipinski definition) is 4. The summed E-state index contributed by atoms with van der Waals surface area (Å²) < 4.78 is 28.6. The minimum Gasteiger partial charge on any atom is -0.312 e. The van der Waals surface area contributed by atoms with Crippen molar-refractivity contribution in [1.82, 2.24) is 9.62 Å². The fourth-order valence-corrected chi connectivity index (χ4v) is 5.31. The lowest BCUT2D eigenvalue weighted by Gasteiger charge is -2.31. The largest absolute Gasteiger partial charge is 0.312 e. The minimum absolute atomic E-state index is 0.00456. The van der Waals surface area contributed by atoms with Crippen molar-refractivity contribution in [3.63, 3.8) is 0 Å². The monoisotopic (exact) mass is 393 g/mol. The maximum absolute atomic E-state index is 12.9. The highest BCUT2D eigenvalue weighted by Gasteiger charge is 2.27. The molecule has 1 aromatic rings. The number of fused-ring (bicyclic) bond motifs is 1. The van der Waals surface area contributed by atoms with E-state index in [4.69, 9.17) is 0 Å². The molecule has 7 heteroatoms. The van der Waals surface area contributed by atoms with Gasteiger partial charge >= 0.3 is 0 Å². The van der Waals surface area contributed by atoms with Crippen LogP contribution in [0.4, 0.5) is 5.69 Å². The van der Waals surface area contributed by atoms with Gasteiger partial charge in [-0.15, -0.1) is 0 Å². The summed E-state index contributed by atoms with van der Waals surface area (Å²) in [6, 6.07) is 5.33. The number of sulfonamides is 1. The van der Waals surface area contributed by atoms with E-state index in [1.807, 2.05) is 0 Å². The lowest BCUT2D eigenvalue weighted by molar-refractivity contribution is -0.116. The van der Waals surface area contributed by atoms with Crippen molar-refractivity contribution in [2.75, 3.05) is 31.1 Å². The Morgan fingerprint density at radius 1 is 1.15 bits per heavy atom. The molecule has 3 rings (SSSR count). The summed E-state index contributed by atoms with van der Waals surface area (Å²) in [6.07, 6.45) is 4.03. The molecule has 2 heterocycles. The van der Waals surface area contributed by atoms with E-state index in [1.54, 1.807) is 30.0 Å². The molecule has 2 aliphatic heterocycles. The highest BCUT2D eigenvalue weighted by atomic mass is 32.2. The van der Waals surface area contributed by atoms with E-state index in [0.717, 1.165) is 37.2 Å². The number of likely N-dealkylation sites (tertiary alicyclic amines) is 1. The van der Waals surface area contributed by atoms with Gasteiger partial charge in [-0.25, -0.2) is 13.1 Å². The van der Waals surface area contributed by atoms with E-state index >= 15 is 0 Å². The summed E-state index contributed by atoms with van der Waals surface area (Å²) in [5.41, 5.74) is 1.77. The summed E-state index contributed by atoms with van der Waals surface area (Å²) in [5, 5.41) is 0. The smallest absolute Gasteiger partial charge is 0.240 e. The van der Waals surface area contributed by atoms with Crippen LogP contribution >= 0.6 is 0 Å². The Labute approximate surface area is 163 Å². The predicted octanol–water partition coefficient (Wildman–Crippen LogP) is 2.38. The Bertz CT molecular complexity index is 786. The molecule has 150 valence electrons. The fraction of sp³-hybridized carbons (Fsp3) is 0.650. The van der Waals surface area contributed by atoms with Crippen molar-refractivity contribution in [3.05, 3.63) is 23.8 Å². The van der Waals surface area contributed by atoms with Crippen LogP contribution in [0.15, 0.2) is 23.1 Å². The zero-order chi connectivity index (χ0) is 19.6. The first-order valence-corrected chi connectivity index (χ1v) is 11.4. The number of amides is 1.